The lowest BCUT2D eigenvalue weighted by molar-refractivity contribution is 0.0123. The molecule has 0 unspecified atom stereocenters. The first kappa shape index (κ1) is 11.0. The Morgan fingerprint density at radius 1 is 1.50 bits per heavy atom. The second-order valence-corrected chi connectivity index (χ2v) is 3.81. The maximum absolute atomic E-state index is 11.9. The van der Waals surface area contributed by atoms with Gasteiger partial charge in [0.2, 0.25) is 0 Å². The summed E-state index contributed by atoms with van der Waals surface area (Å²) >= 11 is 0. The van der Waals surface area contributed by atoms with Crippen molar-refractivity contribution in [2.45, 2.75) is 0 Å². The van der Waals surface area contributed by atoms with E-state index in [1.165, 1.54) is 0 Å². The van der Waals surface area contributed by atoms with Gasteiger partial charge in [0.15, 0.2) is 0 Å². The first-order valence-corrected chi connectivity index (χ1v) is 5.22. The molecular weight excluding hydrogens is 208 g/mol. The summed E-state index contributed by atoms with van der Waals surface area (Å²) in [5.41, 5.74) is 9.59. The molecular formula is C10H16N4O2. The number of aryl methyl sites for hydroxylation is 1. The van der Waals surface area contributed by atoms with Crippen LogP contribution < -0.4 is 11.2 Å². The number of nitrogens with one attached hydrogen (secondary N) is 1. The van der Waals surface area contributed by atoms with Crippen molar-refractivity contribution in [3.05, 3.63) is 18.0 Å². The van der Waals surface area contributed by atoms with E-state index in [1.54, 1.807) is 23.9 Å². The Kier molecular flexibility index (Phi) is 3.12. The lowest BCUT2D eigenvalue weighted by atomic mass is 10.4. The number of aromatic nitrogens is 1. The summed E-state index contributed by atoms with van der Waals surface area (Å²) < 4.78 is 6.91. The van der Waals surface area contributed by atoms with Gasteiger partial charge in [-0.15, -0.1) is 0 Å². The first-order chi connectivity index (χ1) is 7.66. The third kappa shape index (κ3) is 2.34. The summed E-state index contributed by atoms with van der Waals surface area (Å²) in [4.78, 5) is 11.9. The predicted molar refractivity (Wildman–Crippen MR) is 59.7 cm³/mol. The molecule has 6 nitrogen and oxygen atoms in total. The minimum atomic E-state index is -0.138. The van der Waals surface area contributed by atoms with E-state index >= 15 is 0 Å². The Morgan fingerprint density at radius 2 is 2.19 bits per heavy atom. The number of amides is 1. The van der Waals surface area contributed by atoms with Crippen LogP contribution in [0.15, 0.2) is 12.3 Å². The lowest BCUT2D eigenvalue weighted by Crippen LogP contribution is -2.48. The minimum Gasteiger partial charge on any atom is -0.397 e. The van der Waals surface area contributed by atoms with E-state index < -0.39 is 0 Å². The number of nitrogens with zero attached hydrogens (tertiary/aromatic N) is 2. The standard InChI is InChI=1S/C10H16N4O2/c1-13-7-8(11)6-9(13)10(15)12-14-2-4-16-5-3-14/h6-7H,2-5,11H2,1H3,(H,12,15). The van der Waals surface area contributed by atoms with Crippen LogP contribution in [-0.2, 0) is 11.8 Å². The molecule has 1 fully saturated rings. The number of rotatable bonds is 2. The number of nitrogens with two attached hydrogens (primary N) is 1. The molecule has 1 aliphatic rings. The summed E-state index contributed by atoms with van der Waals surface area (Å²) in [5.74, 6) is -0.138. The molecule has 0 aromatic carbocycles. The molecule has 1 amide bonds. The molecule has 1 aliphatic heterocycles. The topological polar surface area (TPSA) is 72.5 Å². The third-order valence-corrected chi connectivity index (χ3v) is 2.53. The summed E-state index contributed by atoms with van der Waals surface area (Å²) in [6, 6.07) is 1.66. The monoisotopic (exact) mass is 224 g/mol. The van der Waals surface area contributed by atoms with Crippen LogP contribution in [0.2, 0.25) is 0 Å². The Morgan fingerprint density at radius 3 is 2.75 bits per heavy atom. The van der Waals surface area contributed by atoms with Crippen molar-refractivity contribution in [2.24, 2.45) is 7.05 Å². The second kappa shape index (κ2) is 4.54. The molecule has 2 rings (SSSR count). The first-order valence-electron chi connectivity index (χ1n) is 5.22. The van der Waals surface area contributed by atoms with Crippen LogP contribution in [0.3, 0.4) is 0 Å². The molecule has 3 N–H and O–H groups in total. The molecule has 0 saturated carbocycles. The fourth-order valence-electron chi connectivity index (χ4n) is 1.69. The summed E-state index contributed by atoms with van der Waals surface area (Å²) in [7, 11) is 1.80. The molecule has 0 aliphatic carbocycles. The van der Waals surface area contributed by atoms with Crippen molar-refractivity contribution in [1.82, 2.24) is 15.0 Å². The van der Waals surface area contributed by atoms with Gasteiger partial charge in [-0.1, -0.05) is 0 Å². The van der Waals surface area contributed by atoms with Gasteiger partial charge in [-0.2, -0.15) is 0 Å². The number of hydrogen-bond acceptors (Lipinski definition) is 4. The van der Waals surface area contributed by atoms with Crippen molar-refractivity contribution in [3.63, 3.8) is 0 Å². The molecule has 1 aromatic rings. The highest BCUT2D eigenvalue weighted by atomic mass is 16.5. The van der Waals surface area contributed by atoms with Crippen molar-refractivity contribution in [3.8, 4) is 0 Å². The quantitative estimate of drug-likeness (QED) is 0.716. The van der Waals surface area contributed by atoms with Gasteiger partial charge in [0.25, 0.3) is 5.91 Å². The molecule has 1 saturated heterocycles. The van der Waals surface area contributed by atoms with E-state index in [0.29, 0.717) is 37.7 Å². The molecule has 2 heterocycles. The number of ether oxygens (including phenoxy) is 1. The molecule has 88 valence electrons. The largest absolute Gasteiger partial charge is 0.397 e. The number of carbonyl (C=O) groups is 1. The summed E-state index contributed by atoms with van der Waals surface area (Å²) in [6.45, 7) is 2.72. The number of anilines is 1. The number of morpholine rings is 1. The average molecular weight is 224 g/mol. The van der Waals surface area contributed by atoms with Crippen LogP contribution in [0.4, 0.5) is 5.69 Å². The summed E-state index contributed by atoms with van der Waals surface area (Å²) in [6.07, 6.45) is 1.72. The number of hydrogen-bond donors (Lipinski definition) is 2. The Bertz CT molecular complexity index is 382. The van der Waals surface area contributed by atoms with Gasteiger partial charge in [0.1, 0.15) is 5.69 Å². The Balaban J connectivity index is 1.99. The molecule has 0 atom stereocenters. The molecule has 1 aromatic heterocycles. The minimum absolute atomic E-state index is 0.138. The molecule has 0 spiro atoms. The second-order valence-electron chi connectivity index (χ2n) is 3.81. The van der Waals surface area contributed by atoms with E-state index in [9.17, 15) is 4.79 Å². The highest BCUT2D eigenvalue weighted by Gasteiger charge is 2.16. The van der Waals surface area contributed by atoms with Crippen molar-refractivity contribution in [2.75, 3.05) is 32.0 Å². The van der Waals surface area contributed by atoms with Crippen LogP contribution >= 0.6 is 0 Å². The van der Waals surface area contributed by atoms with Gasteiger partial charge in [0.05, 0.1) is 18.9 Å². The number of hydrazine groups is 1. The van der Waals surface area contributed by atoms with E-state index in [2.05, 4.69) is 5.43 Å². The fourth-order valence-corrected chi connectivity index (χ4v) is 1.69. The van der Waals surface area contributed by atoms with Crippen LogP contribution in [0.1, 0.15) is 10.5 Å². The van der Waals surface area contributed by atoms with Gasteiger partial charge in [-0.25, -0.2) is 5.01 Å². The van der Waals surface area contributed by atoms with Gasteiger partial charge >= 0.3 is 0 Å². The summed E-state index contributed by atoms with van der Waals surface area (Å²) in [5, 5.41) is 1.86. The zero-order chi connectivity index (χ0) is 11.5. The van der Waals surface area contributed by atoms with Crippen LogP contribution in [0.5, 0.6) is 0 Å². The lowest BCUT2D eigenvalue weighted by Gasteiger charge is -2.26. The molecule has 0 radical (unpaired) electrons. The molecule has 16 heavy (non-hydrogen) atoms. The highest BCUT2D eigenvalue weighted by Crippen LogP contribution is 2.08. The third-order valence-electron chi connectivity index (χ3n) is 2.53. The van der Waals surface area contributed by atoms with Crippen LogP contribution in [-0.4, -0.2) is 41.8 Å². The zero-order valence-electron chi connectivity index (χ0n) is 9.27. The molecule has 6 heteroatoms. The van der Waals surface area contributed by atoms with Crippen molar-refractivity contribution < 1.29 is 9.53 Å². The van der Waals surface area contributed by atoms with E-state index in [4.69, 9.17) is 10.5 Å². The van der Waals surface area contributed by atoms with E-state index in [-0.39, 0.29) is 5.91 Å². The van der Waals surface area contributed by atoms with E-state index in [1.807, 2.05) is 5.01 Å². The SMILES string of the molecule is Cn1cc(N)cc1C(=O)NN1CCOCC1. The Labute approximate surface area is 93.9 Å². The van der Waals surface area contributed by atoms with Gasteiger partial charge in [-0.3, -0.25) is 10.2 Å². The van der Waals surface area contributed by atoms with Crippen molar-refractivity contribution >= 4 is 11.6 Å². The van der Waals surface area contributed by atoms with E-state index in [0.717, 1.165) is 0 Å². The predicted octanol–water partition coefficient (Wildman–Crippen LogP) is -0.416. The van der Waals surface area contributed by atoms with Gasteiger partial charge in [0, 0.05) is 26.3 Å². The smallest absolute Gasteiger partial charge is 0.282 e. The zero-order valence-corrected chi connectivity index (χ0v) is 9.27. The number of carbonyl (C=O) groups excluding carboxylic acids is 1. The number of nitrogen functional groups attached to an aromatic ring is 1. The maximum Gasteiger partial charge on any atom is 0.282 e. The highest BCUT2D eigenvalue weighted by molar-refractivity contribution is 5.93. The van der Waals surface area contributed by atoms with Gasteiger partial charge in [-0.05, 0) is 6.07 Å². The Hall–Kier alpha value is -1.53. The van der Waals surface area contributed by atoms with Crippen molar-refractivity contribution in [1.29, 1.82) is 0 Å². The normalized spacial score (nSPS) is 17.3. The molecule has 0 bridgehead atoms. The van der Waals surface area contributed by atoms with Crippen LogP contribution in [0, 0.1) is 0 Å². The average Bonchev–Trinajstić information content (AvgIpc) is 2.59. The van der Waals surface area contributed by atoms with Crippen LogP contribution in [0.25, 0.3) is 0 Å². The fraction of sp³-hybridized carbons (Fsp3) is 0.500. The maximum atomic E-state index is 11.9. The van der Waals surface area contributed by atoms with Gasteiger partial charge < -0.3 is 15.0 Å².